The molecule has 0 bridgehead atoms. The van der Waals surface area contributed by atoms with Crippen molar-refractivity contribution in [1.82, 2.24) is 0 Å². The van der Waals surface area contributed by atoms with E-state index >= 15 is 0 Å². The summed E-state index contributed by atoms with van der Waals surface area (Å²) in [5.41, 5.74) is -0.0671. The number of aromatic hydroxyl groups is 1. The van der Waals surface area contributed by atoms with Crippen LogP contribution in [0.5, 0.6) is 5.75 Å². The van der Waals surface area contributed by atoms with Crippen LogP contribution in [0.25, 0.3) is 12.3 Å². The van der Waals surface area contributed by atoms with Crippen LogP contribution in [0.2, 0.25) is 0 Å². The van der Waals surface area contributed by atoms with E-state index < -0.39 is 22.4 Å². The molecule has 0 aliphatic heterocycles. The zero-order chi connectivity index (χ0) is 13.0. The number of carbonyl (C=O) groups is 1. The molecule has 0 aliphatic carbocycles. The van der Waals surface area contributed by atoms with Crippen molar-refractivity contribution in [2.24, 2.45) is 5.34 Å². The number of para-hydroxylation sites is 1. The van der Waals surface area contributed by atoms with Gasteiger partial charge in [0.15, 0.2) is 0 Å². The third-order valence-corrected chi connectivity index (χ3v) is 1.13. The van der Waals surface area contributed by atoms with Gasteiger partial charge in [0, 0.05) is 0 Å². The van der Waals surface area contributed by atoms with Crippen LogP contribution >= 0.6 is 0 Å². The summed E-state index contributed by atoms with van der Waals surface area (Å²) in [4.78, 5) is 18.3. The molecule has 0 amide bonds. The van der Waals surface area contributed by atoms with E-state index in [2.05, 4.69) is 0 Å². The second-order valence-corrected chi connectivity index (χ2v) is 2.42. The molecule has 0 heterocycles. The molecule has 1 aromatic rings. The van der Waals surface area contributed by atoms with E-state index in [4.69, 9.17) is 28.5 Å². The minimum Gasteiger partial charge on any atom is -0.693 e. The van der Waals surface area contributed by atoms with Gasteiger partial charge in [-0.1, -0.05) is 12.1 Å². The van der Waals surface area contributed by atoms with Crippen LogP contribution in [0.1, 0.15) is 10.4 Å². The normalized spacial score (nSPS) is 6.42. The van der Waals surface area contributed by atoms with Crippen molar-refractivity contribution in [3.8, 4) is 5.75 Å². The summed E-state index contributed by atoms with van der Waals surface area (Å²) >= 11 is -1.50. The molecule has 0 unspecified atom stereocenters. The summed E-state index contributed by atoms with van der Waals surface area (Å²) in [6, 6.07) is 5.81. The SMILES string of the molecule is O=C(O)c1ccccc1O.O=N[O-].O[AsH]O.[NH2-].[NH2-].[Pt+2]. The van der Waals surface area contributed by atoms with E-state index in [0.717, 1.165) is 5.34 Å². The van der Waals surface area contributed by atoms with Gasteiger partial charge >= 0.3 is 51.7 Å². The van der Waals surface area contributed by atoms with E-state index in [0.29, 0.717) is 0 Å². The molecule has 19 heavy (non-hydrogen) atoms. The fourth-order valence-electron chi connectivity index (χ4n) is 0.654. The Morgan fingerprint density at radius 2 is 1.53 bits per heavy atom. The van der Waals surface area contributed by atoms with E-state index in [1.165, 1.54) is 12.1 Å². The minimum absolute atomic E-state index is 0. The Balaban J connectivity index is -0.0000000635. The van der Waals surface area contributed by atoms with Crippen LogP contribution < -0.4 is 0 Å². The third kappa shape index (κ3) is 19.5. The molecule has 10 nitrogen and oxygen atoms in total. The van der Waals surface area contributed by atoms with Crippen molar-refractivity contribution in [1.29, 1.82) is 0 Å². The molecule has 0 aliphatic rings. The van der Waals surface area contributed by atoms with Gasteiger partial charge in [0.25, 0.3) is 0 Å². The molecule has 1 aromatic carbocycles. The fraction of sp³-hybridized carbons (Fsp3) is 0. The maximum absolute atomic E-state index is 10.3. The van der Waals surface area contributed by atoms with Gasteiger partial charge in [-0.25, -0.2) is 4.79 Å². The number of benzene rings is 1. The molecule has 114 valence electrons. The Morgan fingerprint density at radius 3 is 1.74 bits per heavy atom. The first kappa shape index (κ1) is 30.8. The van der Waals surface area contributed by atoms with Gasteiger partial charge in [0.05, 0.1) is 0 Å². The summed E-state index contributed by atoms with van der Waals surface area (Å²) in [6.45, 7) is 0. The van der Waals surface area contributed by atoms with Crippen molar-refractivity contribution >= 4 is 22.4 Å². The maximum Gasteiger partial charge on any atom is 2.00 e. The Morgan fingerprint density at radius 1 is 1.21 bits per heavy atom. The zero-order valence-corrected chi connectivity index (χ0v) is 13.6. The monoisotopic (exact) mass is 521 g/mol. The number of phenols is 1. The summed E-state index contributed by atoms with van der Waals surface area (Å²) in [6.07, 6.45) is 0. The molecular formula is C7H13AsN3O7Pt-. The van der Waals surface area contributed by atoms with Gasteiger partial charge in [-0.15, -0.1) is 5.34 Å². The molecule has 8 N–H and O–H groups in total. The molecular weight excluding hydrogens is 508 g/mol. The molecule has 1 rings (SSSR count). The van der Waals surface area contributed by atoms with E-state index in [9.17, 15) is 4.79 Å². The average Bonchev–Trinajstić information content (AvgIpc) is 2.20. The number of nitrogens with two attached hydrogens (primary N) is 2. The second-order valence-electron chi connectivity index (χ2n) is 2.00. The van der Waals surface area contributed by atoms with Crippen molar-refractivity contribution in [3.05, 3.63) is 52.2 Å². The molecule has 12 heteroatoms. The Kier molecular flexibility index (Phi) is 35.9. The first-order valence-corrected chi connectivity index (χ1v) is 5.42. The van der Waals surface area contributed by atoms with Crippen LogP contribution in [0, 0.1) is 10.1 Å². The first-order valence-electron chi connectivity index (χ1n) is 3.54. The number of rotatable bonds is 1. The Bertz CT molecular complexity index is 331. The predicted octanol–water partition coefficient (Wildman–Crippen LogP) is 1.01. The van der Waals surface area contributed by atoms with Crippen LogP contribution in [0.3, 0.4) is 0 Å². The summed E-state index contributed by atoms with van der Waals surface area (Å²) in [5, 5.41) is 26.3. The summed E-state index contributed by atoms with van der Waals surface area (Å²) in [5.74, 6) is -1.31. The van der Waals surface area contributed by atoms with Crippen LogP contribution in [0.15, 0.2) is 29.6 Å². The summed E-state index contributed by atoms with van der Waals surface area (Å²) < 4.78 is 14.5. The van der Waals surface area contributed by atoms with Crippen molar-refractivity contribution in [2.45, 2.75) is 0 Å². The van der Waals surface area contributed by atoms with Crippen molar-refractivity contribution < 1.29 is 44.3 Å². The minimum atomic E-state index is -1.50. The second kappa shape index (κ2) is 22.2. The molecule has 0 saturated carbocycles. The number of aromatic carboxylic acids is 1. The number of carboxylic acids is 1. The van der Waals surface area contributed by atoms with Gasteiger partial charge in [-0.3, -0.25) is 0 Å². The van der Waals surface area contributed by atoms with Gasteiger partial charge in [-0.2, -0.15) is 0 Å². The van der Waals surface area contributed by atoms with Gasteiger partial charge < -0.3 is 32.6 Å². The standard InChI is InChI=1S/C7H6O3.AsH3O2.HNO2.2H2N.Pt/c8-6-4-2-1-3-5(6)7(9)10;2*2-1-3;;;/h1-4,8H,(H,9,10);1-3H;(H,2,3);2*1H2;/q;;;2*-1;+2/p-1. The molecule has 0 radical (unpaired) electrons. The zero-order valence-electron chi connectivity index (χ0n) is 9.24. The quantitative estimate of drug-likeness (QED) is 0.239. The average molecular weight is 521 g/mol. The number of carboxylic acid groups (broad SMARTS) is 1. The number of hydrogen-bond acceptors (Lipinski definition) is 7. The molecule has 0 aromatic heterocycles. The van der Waals surface area contributed by atoms with Crippen LogP contribution in [-0.2, 0) is 21.1 Å². The first-order chi connectivity index (χ1) is 7.54. The smallest absolute Gasteiger partial charge is 0.693 e. The van der Waals surface area contributed by atoms with Crippen molar-refractivity contribution in [2.75, 3.05) is 0 Å². The van der Waals surface area contributed by atoms with Gasteiger partial charge in [0.2, 0.25) is 0 Å². The predicted molar refractivity (Wildman–Crippen MR) is 66.4 cm³/mol. The Hall–Kier alpha value is -1.02. The third-order valence-electron chi connectivity index (χ3n) is 1.13. The van der Waals surface area contributed by atoms with E-state index in [-0.39, 0.29) is 44.7 Å². The molecule has 0 spiro atoms. The molecule has 0 fully saturated rings. The van der Waals surface area contributed by atoms with Gasteiger partial charge in [0.1, 0.15) is 11.3 Å². The maximum atomic E-state index is 10.3. The van der Waals surface area contributed by atoms with Crippen LogP contribution in [0.4, 0.5) is 0 Å². The van der Waals surface area contributed by atoms with Crippen molar-refractivity contribution in [3.63, 3.8) is 0 Å². The fourth-order valence-corrected chi connectivity index (χ4v) is 0.654. The molecule has 0 atom stereocenters. The Labute approximate surface area is 130 Å². The topological polar surface area (TPSA) is 217 Å². The summed E-state index contributed by atoms with van der Waals surface area (Å²) in [7, 11) is 0. The molecule has 0 saturated heterocycles. The van der Waals surface area contributed by atoms with Gasteiger partial charge in [-0.05, 0) is 12.1 Å². The van der Waals surface area contributed by atoms with E-state index in [1.807, 2.05) is 0 Å². The number of hydrogen-bond donors (Lipinski definition) is 4. The number of nitrogens with zero attached hydrogens (tertiary/aromatic N) is 1. The van der Waals surface area contributed by atoms with Crippen LogP contribution in [-0.4, -0.2) is 40.8 Å². The largest absolute Gasteiger partial charge is 2.00 e. The van der Waals surface area contributed by atoms with E-state index in [1.54, 1.807) is 12.1 Å².